The smallest absolute Gasteiger partial charge is 0.251 e. The molecule has 1 heterocycles. The summed E-state index contributed by atoms with van der Waals surface area (Å²) in [6.07, 6.45) is 5.17. The second-order valence-corrected chi connectivity index (χ2v) is 6.55. The number of H-pyrrole nitrogens is 1. The summed E-state index contributed by atoms with van der Waals surface area (Å²) in [4.78, 5) is 12.8. The fourth-order valence-corrected chi connectivity index (χ4v) is 3.53. The number of hydrogen-bond donors (Lipinski definition) is 2. The first-order valence-electron chi connectivity index (χ1n) is 7.87. The average molecular weight is 342 g/mol. The number of aromatic amines is 1. The monoisotopic (exact) mass is 341 g/mol. The summed E-state index contributed by atoms with van der Waals surface area (Å²) in [5.74, 6) is 0.773. The number of fused-ring (bicyclic) bond motifs is 1. The molecule has 24 heavy (non-hydrogen) atoms. The van der Waals surface area contributed by atoms with E-state index in [1.165, 1.54) is 11.1 Å². The Labute approximate surface area is 144 Å². The summed E-state index contributed by atoms with van der Waals surface area (Å²) in [5.41, 5.74) is 4.74. The molecule has 4 rings (SSSR count). The Morgan fingerprint density at radius 1 is 1.42 bits per heavy atom. The molecule has 122 valence electrons. The quantitative estimate of drug-likeness (QED) is 0.837. The van der Waals surface area contributed by atoms with Crippen molar-refractivity contribution in [1.29, 1.82) is 0 Å². The van der Waals surface area contributed by atoms with Gasteiger partial charge in [0, 0.05) is 22.1 Å². The molecule has 2 aliphatic rings. The van der Waals surface area contributed by atoms with Crippen molar-refractivity contribution in [2.24, 2.45) is 5.92 Å². The lowest BCUT2D eigenvalue weighted by molar-refractivity contribution is -0.113. The van der Waals surface area contributed by atoms with E-state index in [2.05, 4.69) is 38.9 Å². The zero-order valence-electron chi connectivity index (χ0n) is 13.1. The van der Waals surface area contributed by atoms with Crippen LogP contribution < -0.4 is 5.32 Å². The molecule has 0 spiro atoms. The van der Waals surface area contributed by atoms with E-state index in [1.807, 2.05) is 0 Å². The molecule has 1 aromatic carbocycles. The SMILES string of the molecule is CC1=C(C(=O)Nc2cc(Cl)ccc2-c2nn[nH]n2)CC=C2CC[C@@H]21. The summed E-state index contributed by atoms with van der Waals surface area (Å²) in [5, 5.41) is 17.5. The van der Waals surface area contributed by atoms with Crippen LogP contribution in [0.3, 0.4) is 0 Å². The number of tetrazole rings is 1. The average Bonchev–Trinajstić information content (AvgIpc) is 3.03. The van der Waals surface area contributed by atoms with Crippen LogP contribution in [-0.4, -0.2) is 26.5 Å². The van der Waals surface area contributed by atoms with Crippen molar-refractivity contribution in [1.82, 2.24) is 20.6 Å². The van der Waals surface area contributed by atoms with Gasteiger partial charge < -0.3 is 5.32 Å². The van der Waals surface area contributed by atoms with Crippen LogP contribution in [0.25, 0.3) is 11.4 Å². The number of nitrogens with zero attached hydrogens (tertiary/aromatic N) is 3. The Kier molecular flexibility index (Phi) is 3.69. The van der Waals surface area contributed by atoms with Crippen LogP contribution in [0.15, 0.2) is 41.0 Å². The Balaban J connectivity index is 1.64. The van der Waals surface area contributed by atoms with Gasteiger partial charge in [0.05, 0.1) is 5.69 Å². The zero-order valence-corrected chi connectivity index (χ0v) is 13.9. The normalized spacial score (nSPS) is 19.4. The zero-order chi connectivity index (χ0) is 16.7. The maximum Gasteiger partial charge on any atom is 0.251 e. The molecule has 1 atom stereocenters. The van der Waals surface area contributed by atoms with Gasteiger partial charge >= 0.3 is 0 Å². The number of benzene rings is 1. The van der Waals surface area contributed by atoms with Crippen LogP contribution in [0, 0.1) is 5.92 Å². The fourth-order valence-electron chi connectivity index (χ4n) is 3.36. The highest BCUT2D eigenvalue weighted by Crippen LogP contribution is 2.44. The topological polar surface area (TPSA) is 83.6 Å². The second kappa shape index (κ2) is 5.87. The summed E-state index contributed by atoms with van der Waals surface area (Å²) in [6, 6.07) is 5.21. The number of anilines is 1. The van der Waals surface area contributed by atoms with Crippen LogP contribution in [0.2, 0.25) is 5.02 Å². The maximum atomic E-state index is 12.8. The molecule has 0 unspecified atom stereocenters. The predicted molar refractivity (Wildman–Crippen MR) is 91.4 cm³/mol. The largest absolute Gasteiger partial charge is 0.322 e. The number of aromatic nitrogens is 4. The van der Waals surface area contributed by atoms with E-state index in [0.717, 1.165) is 18.4 Å². The molecule has 7 heteroatoms. The number of halogens is 1. The third kappa shape index (κ3) is 2.53. The summed E-state index contributed by atoms with van der Waals surface area (Å²) in [7, 11) is 0. The number of rotatable bonds is 3. The predicted octanol–water partition coefficient (Wildman–Crippen LogP) is 3.52. The molecular formula is C17H16ClN5O. The lowest BCUT2D eigenvalue weighted by Crippen LogP contribution is -2.26. The molecule has 2 N–H and O–H groups in total. The Bertz CT molecular complexity index is 869. The van der Waals surface area contributed by atoms with Gasteiger partial charge in [-0.15, -0.1) is 10.2 Å². The number of carbonyl (C=O) groups excluding carboxylic acids is 1. The van der Waals surface area contributed by atoms with Crippen molar-refractivity contribution in [2.45, 2.75) is 26.2 Å². The lowest BCUT2D eigenvalue weighted by atomic mass is 9.70. The van der Waals surface area contributed by atoms with E-state index in [4.69, 9.17) is 11.6 Å². The number of nitrogens with one attached hydrogen (secondary N) is 2. The maximum absolute atomic E-state index is 12.8. The molecule has 1 amide bonds. The van der Waals surface area contributed by atoms with Gasteiger partial charge in [0.2, 0.25) is 5.82 Å². The highest BCUT2D eigenvalue weighted by molar-refractivity contribution is 6.31. The molecule has 0 bridgehead atoms. The van der Waals surface area contributed by atoms with Crippen molar-refractivity contribution in [3.8, 4) is 11.4 Å². The molecule has 1 fully saturated rings. The van der Waals surface area contributed by atoms with Gasteiger partial charge in [-0.05, 0) is 49.6 Å². The fraction of sp³-hybridized carbons (Fsp3) is 0.294. The summed E-state index contributed by atoms with van der Waals surface area (Å²) < 4.78 is 0. The Morgan fingerprint density at radius 3 is 3.00 bits per heavy atom. The molecule has 0 aliphatic heterocycles. The Hall–Kier alpha value is -2.47. The van der Waals surface area contributed by atoms with E-state index in [-0.39, 0.29) is 5.91 Å². The van der Waals surface area contributed by atoms with Gasteiger partial charge in [-0.3, -0.25) is 4.79 Å². The number of allylic oxidation sites excluding steroid dienone is 3. The summed E-state index contributed by atoms with van der Waals surface area (Å²) >= 11 is 6.09. The highest BCUT2D eigenvalue weighted by atomic mass is 35.5. The third-order valence-corrected chi connectivity index (χ3v) is 5.06. The van der Waals surface area contributed by atoms with E-state index in [0.29, 0.717) is 34.4 Å². The lowest BCUT2D eigenvalue weighted by Gasteiger charge is -2.35. The van der Waals surface area contributed by atoms with Gasteiger partial charge in [0.15, 0.2) is 0 Å². The second-order valence-electron chi connectivity index (χ2n) is 6.12. The van der Waals surface area contributed by atoms with Crippen molar-refractivity contribution >= 4 is 23.2 Å². The highest BCUT2D eigenvalue weighted by Gasteiger charge is 2.31. The molecule has 2 aliphatic carbocycles. The third-order valence-electron chi connectivity index (χ3n) is 4.83. The molecule has 1 saturated carbocycles. The summed E-state index contributed by atoms with van der Waals surface area (Å²) in [6.45, 7) is 2.06. The van der Waals surface area contributed by atoms with E-state index < -0.39 is 0 Å². The van der Waals surface area contributed by atoms with Gasteiger partial charge in [0.1, 0.15) is 0 Å². The van der Waals surface area contributed by atoms with Crippen LogP contribution >= 0.6 is 11.6 Å². The van der Waals surface area contributed by atoms with E-state index in [9.17, 15) is 4.79 Å². The van der Waals surface area contributed by atoms with Crippen LogP contribution in [0.1, 0.15) is 26.2 Å². The number of carbonyl (C=O) groups is 1. The van der Waals surface area contributed by atoms with E-state index in [1.54, 1.807) is 18.2 Å². The molecular weight excluding hydrogens is 326 g/mol. The minimum Gasteiger partial charge on any atom is -0.322 e. The number of amides is 1. The van der Waals surface area contributed by atoms with Gasteiger partial charge in [-0.25, -0.2) is 0 Å². The molecule has 1 aromatic heterocycles. The Morgan fingerprint density at radius 2 is 2.29 bits per heavy atom. The first-order chi connectivity index (χ1) is 11.6. The first-order valence-corrected chi connectivity index (χ1v) is 8.24. The van der Waals surface area contributed by atoms with Gasteiger partial charge in [-0.1, -0.05) is 28.8 Å². The minimum atomic E-state index is -0.0956. The van der Waals surface area contributed by atoms with Crippen molar-refractivity contribution in [2.75, 3.05) is 5.32 Å². The molecule has 6 nitrogen and oxygen atoms in total. The molecule has 0 saturated heterocycles. The van der Waals surface area contributed by atoms with Crippen LogP contribution in [-0.2, 0) is 4.79 Å². The van der Waals surface area contributed by atoms with E-state index >= 15 is 0 Å². The number of hydrogen-bond acceptors (Lipinski definition) is 4. The first kappa shape index (κ1) is 15.1. The van der Waals surface area contributed by atoms with Crippen molar-refractivity contribution in [3.05, 3.63) is 46.0 Å². The molecule has 2 aromatic rings. The van der Waals surface area contributed by atoms with Gasteiger partial charge in [0.25, 0.3) is 5.91 Å². The van der Waals surface area contributed by atoms with Crippen LogP contribution in [0.5, 0.6) is 0 Å². The standard InChI is InChI=1S/C17H16ClN5O/c1-9-12-5-2-10(12)3-6-13(9)17(24)19-15-8-11(18)4-7-14(15)16-20-22-23-21-16/h3-4,7-8,12H,2,5-6H2,1H3,(H,19,24)(H,20,21,22,23)/t12-/m1/s1. The van der Waals surface area contributed by atoms with Crippen molar-refractivity contribution in [3.63, 3.8) is 0 Å². The minimum absolute atomic E-state index is 0.0956. The van der Waals surface area contributed by atoms with Crippen LogP contribution in [0.4, 0.5) is 5.69 Å². The molecule has 0 radical (unpaired) electrons. The van der Waals surface area contributed by atoms with Crippen molar-refractivity contribution < 1.29 is 4.79 Å². The van der Waals surface area contributed by atoms with Gasteiger partial charge in [-0.2, -0.15) is 5.21 Å².